The maximum atomic E-state index is 5.65. The van der Waals surface area contributed by atoms with Crippen molar-refractivity contribution in [2.24, 2.45) is 0 Å². The molecular weight excluding hydrogens is 262 g/mol. The van der Waals surface area contributed by atoms with Crippen LogP contribution in [0.2, 0.25) is 0 Å². The fourth-order valence-electron chi connectivity index (χ4n) is 2.07. The zero-order valence-electron chi connectivity index (χ0n) is 11.9. The Kier molecular flexibility index (Phi) is 5.57. The Morgan fingerprint density at radius 2 is 2.42 bits per heavy atom. The summed E-state index contributed by atoms with van der Waals surface area (Å²) in [5.41, 5.74) is 0. The van der Waals surface area contributed by atoms with Gasteiger partial charge in [-0.3, -0.25) is 0 Å². The van der Waals surface area contributed by atoms with E-state index in [1.54, 1.807) is 18.4 Å². The van der Waals surface area contributed by atoms with Crippen LogP contribution in [0.4, 0.5) is 5.13 Å². The van der Waals surface area contributed by atoms with Gasteiger partial charge in [0.2, 0.25) is 0 Å². The minimum atomic E-state index is 0.281. The molecule has 6 heteroatoms. The fourth-order valence-corrected chi connectivity index (χ4v) is 3.06. The van der Waals surface area contributed by atoms with Gasteiger partial charge < -0.3 is 19.7 Å². The van der Waals surface area contributed by atoms with Gasteiger partial charge in [0.05, 0.1) is 25.4 Å². The average molecular weight is 285 g/mol. The van der Waals surface area contributed by atoms with Crippen molar-refractivity contribution in [3.05, 3.63) is 11.1 Å². The molecule has 1 aliphatic heterocycles. The molecule has 1 N–H and O–H groups in total. The SMILES string of the molecule is COCCNCc1cnc(N2CC(C)OCC2C)s1. The topological polar surface area (TPSA) is 46.6 Å². The van der Waals surface area contributed by atoms with Crippen LogP contribution in [-0.4, -0.2) is 50.5 Å². The molecule has 2 rings (SSSR count). The highest BCUT2D eigenvalue weighted by Crippen LogP contribution is 2.26. The first-order chi connectivity index (χ1) is 9.20. The van der Waals surface area contributed by atoms with Crippen molar-refractivity contribution in [1.29, 1.82) is 0 Å². The third-order valence-corrected chi connectivity index (χ3v) is 4.21. The molecule has 0 aromatic carbocycles. The summed E-state index contributed by atoms with van der Waals surface area (Å²) >= 11 is 1.76. The zero-order valence-corrected chi connectivity index (χ0v) is 12.7. The van der Waals surface area contributed by atoms with Crippen LogP contribution in [0.15, 0.2) is 6.20 Å². The van der Waals surface area contributed by atoms with Crippen molar-refractivity contribution in [1.82, 2.24) is 10.3 Å². The first kappa shape index (κ1) is 14.7. The van der Waals surface area contributed by atoms with Crippen LogP contribution in [0.1, 0.15) is 18.7 Å². The minimum absolute atomic E-state index is 0.281. The van der Waals surface area contributed by atoms with Crippen LogP contribution >= 0.6 is 11.3 Å². The number of thiazole rings is 1. The van der Waals surface area contributed by atoms with Crippen molar-refractivity contribution in [3.8, 4) is 0 Å². The maximum Gasteiger partial charge on any atom is 0.185 e. The van der Waals surface area contributed by atoms with Gasteiger partial charge in [-0.1, -0.05) is 0 Å². The van der Waals surface area contributed by atoms with E-state index in [4.69, 9.17) is 9.47 Å². The van der Waals surface area contributed by atoms with Crippen molar-refractivity contribution >= 4 is 16.5 Å². The van der Waals surface area contributed by atoms with Crippen molar-refractivity contribution < 1.29 is 9.47 Å². The number of nitrogens with one attached hydrogen (secondary N) is 1. The first-order valence-corrected chi connectivity index (χ1v) is 7.55. The van der Waals surface area contributed by atoms with Gasteiger partial charge in [-0.15, -0.1) is 11.3 Å². The van der Waals surface area contributed by atoms with Gasteiger partial charge in [-0.2, -0.15) is 0 Å². The molecule has 1 aromatic rings. The van der Waals surface area contributed by atoms with Crippen molar-refractivity contribution in [3.63, 3.8) is 0 Å². The van der Waals surface area contributed by atoms with Crippen LogP contribution in [0.5, 0.6) is 0 Å². The van der Waals surface area contributed by atoms with Gasteiger partial charge >= 0.3 is 0 Å². The predicted octanol–water partition coefficient (Wildman–Crippen LogP) is 1.49. The summed E-state index contributed by atoms with van der Waals surface area (Å²) in [4.78, 5) is 8.15. The molecule has 1 fully saturated rings. The van der Waals surface area contributed by atoms with E-state index in [1.807, 2.05) is 6.20 Å². The van der Waals surface area contributed by atoms with E-state index in [0.717, 1.165) is 38.0 Å². The predicted molar refractivity (Wildman–Crippen MR) is 77.9 cm³/mol. The summed E-state index contributed by atoms with van der Waals surface area (Å²) in [5.74, 6) is 0. The number of anilines is 1. The average Bonchev–Trinajstić information content (AvgIpc) is 2.86. The van der Waals surface area contributed by atoms with Gasteiger partial charge in [-0.05, 0) is 13.8 Å². The Balaban J connectivity index is 1.88. The van der Waals surface area contributed by atoms with E-state index in [2.05, 4.69) is 29.0 Å². The summed E-state index contributed by atoms with van der Waals surface area (Å²) in [6.07, 6.45) is 2.25. The zero-order chi connectivity index (χ0) is 13.7. The molecule has 2 unspecified atom stereocenters. The minimum Gasteiger partial charge on any atom is -0.383 e. The molecule has 2 heterocycles. The fraction of sp³-hybridized carbons (Fsp3) is 0.769. The van der Waals surface area contributed by atoms with E-state index in [-0.39, 0.29) is 6.10 Å². The van der Waals surface area contributed by atoms with Gasteiger partial charge in [0, 0.05) is 37.8 Å². The smallest absolute Gasteiger partial charge is 0.185 e. The Hall–Kier alpha value is -0.690. The van der Waals surface area contributed by atoms with E-state index in [0.29, 0.717) is 6.04 Å². The number of hydrogen-bond acceptors (Lipinski definition) is 6. The molecule has 1 aliphatic rings. The third-order valence-electron chi connectivity index (χ3n) is 3.18. The lowest BCUT2D eigenvalue weighted by molar-refractivity contribution is 0.0343. The number of methoxy groups -OCH3 is 1. The molecule has 108 valence electrons. The molecule has 0 radical (unpaired) electrons. The maximum absolute atomic E-state index is 5.65. The number of morpholine rings is 1. The van der Waals surface area contributed by atoms with Crippen molar-refractivity contribution in [2.75, 3.05) is 38.3 Å². The lowest BCUT2D eigenvalue weighted by atomic mass is 10.2. The van der Waals surface area contributed by atoms with E-state index in [9.17, 15) is 0 Å². The van der Waals surface area contributed by atoms with Crippen molar-refractivity contribution in [2.45, 2.75) is 32.5 Å². The highest BCUT2D eigenvalue weighted by atomic mass is 32.1. The van der Waals surface area contributed by atoms with Crippen LogP contribution in [0, 0.1) is 0 Å². The Morgan fingerprint density at radius 3 is 3.21 bits per heavy atom. The first-order valence-electron chi connectivity index (χ1n) is 6.73. The largest absolute Gasteiger partial charge is 0.383 e. The van der Waals surface area contributed by atoms with Gasteiger partial charge in [0.25, 0.3) is 0 Å². The molecule has 0 spiro atoms. The standard InChI is InChI=1S/C13H23N3O2S/c1-10-9-18-11(2)8-16(10)13-15-7-12(19-13)6-14-4-5-17-3/h7,10-11,14H,4-6,8-9H2,1-3H3. The summed E-state index contributed by atoms with van der Waals surface area (Å²) in [7, 11) is 1.72. The molecule has 2 atom stereocenters. The van der Waals surface area contributed by atoms with Gasteiger partial charge in [0.1, 0.15) is 0 Å². The van der Waals surface area contributed by atoms with E-state index >= 15 is 0 Å². The summed E-state index contributed by atoms with van der Waals surface area (Å²) in [6.45, 7) is 8.46. The molecule has 0 amide bonds. The number of aromatic nitrogens is 1. The number of nitrogens with zero attached hydrogens (tertiary/aromatic N) is 2. The summed E-state index contributed by atoms with van der Waals surface area (Å²) in [6, 6.07) is 0.400. The molecule has 5 nitrogen and oxygen atoms in total. The number of ether oxygens (including phenoxy) is 2. The number of rotatable bonds is 6. The Labute approximate surface area is 118 Å². The second-order valence-electron chi connectivity index (χ2n) is 4.92. The molecule has 0 bridgehead atoms. The molecule has 0 aliphatic carbocycles. The van der Waals surface area contributed by atoms with Crippen LogP contribution < -0.4 is 10.2 Å². The second kappa shape index (κ2) is 7.19. The molecule has 0 saturated carbocycles. The Bertz CT molecular complexity index is 386. The third kappa shape index (κ3) is 4.14. The highest BCUT2D eigenvalue weighted by molar-refractivity contribution is 7.15. The normalized spacial score (nSPS) is 23.8. The van der Waals surface area contributed by atoms with Gasteiger partial charge in [0.15, 0.2) is 5.13 Å². The van der Waals surface area contributed by atoms with E-state index in [1.165, 1.54) is 4.88 Å². The summed E-state index contributed by atoms with van der Waals surface area (Å²) in [5, 5.41) is 4.44. The molecular formula is C13H23N3O2S. The molecule has 1 aromatic heterocycles. The molecule has 1 saturated heterocycles. The van der Waals surface area contributed by atoms with E-state index < -0.39 is 0 Å². The summed E-state index contributed by atoms with van der Waals surface area (Å²) < 4.78 is 10.7. The highest BCUT2D eigenvalue weighted by Gasteiger charge is 2.25. The van der Waals surface area contributed by atoms with Crippen LogP contribution in [0.3, 0.4) is 0 Å². The monoisotopic (exact) mass is 285 g/mol. The lowest BCUT2D eigenvalue weighted by Gasteiger charge is -2.36. The van der Waals surface area contributed by atoms with Gasteiger partial charge in [-0.25, -0.2) is 4.98 Å². The quantitative estimate of drug-likeness (QED) is 0.803. The molecule has 19 heavy (non-hydrogen) atoms. The van der Waals surface area contributed by atoms with Crippen LogP contribution in [-0.2, 0) is 16.0 Å². The van der Waals surface area contributed by atoms with Crippen LogP contribution in [0.25, 0.3) is 0 Å². The Morgan fingerprint density at radius 1 is 1.58 bits per heavy atom. The lowest BCUT2D eigenvalue weighted by Crippen LogP contribution is -2.47. The number of hydrogen-bond donors (Lipinski definition) is 1. The second-order valence-corrected chi connectivity index (χ2v) is 6.02.